The van der Waals surface area contributed by atoms with Crippen LogP contribution in [0.5, 0.6) is 11.5 Å². The number of carbonyl (C=O) groups excluding carboxylic acids is 4. The Labute approximate surface area is 188 Å². The molecule has 10 nitrogen and oxygen atoms in total. The fourth-order valence-electron chi connectivity index (χ4n) is 3.27. The highest BCUT2D eigenvalue weighted by Crippen LogP contribution is 2.35. The van der Waals surface area contributed by atoms with Crippen LogP contribution in [-0.4, -0.2) is 56.1 Å². The number of carbonyl (C=O) groups is 4. The smallest absolute Gasteiger partial charge is 0.341 e. The van der Waals surface area contributed by atoms with Gasteiger partial charge in [-0.3, -0.25) is 14.5 Å². The molecule has 0 saturated carbocycles. The molecule has 1 aromatic heterocycles. The Bertz CT molecular complexity index is 1070. The van der Waals surface area contributed by atoms with E-state index >= 15 is 0 Å². The number of urea groups is 1. The first-order chi connectivity index (χ1) is 15.2. The van der Waals surface area contributed by atoms with Gasteiger partial charge in [0.2, 0.25) is 5.91 Å². The molecule has 4 amide bonds. The van der Waals surface area contributed by atoms with E-state index in [9.17, 15) is 19.2 Å². The lowest BCUT2D eigenvalue weighted by Crippen LogP contribution is -2.42. The van der Waals surface area contributed by atoms with Gasteiger partial charge in [-0.05, 0) is 43.0 Å². The predicted octanol–water partition coefficient (Wildman–Crippen LogP) is 2.35. The number of benzene rings is 1. The number of thiophene rings is 1. The minimum Gasteiger partial charge on any atom is -0.493 e. The topological polar surface area (TPSA) is 123 Å². The second-order valence-electron chi connectivity index (χ2n) is 6.95. The maximum absolute atomic E-state index is 13.1. The molecule has 0 spiro atoms. The largest absolute Gasteiger partial charge is 0.493 e. The van der Waals surface area contributed by atoms with Crippen molar-refractivity contribution in [2.45, 2.75) is 19.4 Å². The normalized spacial score (nSPS) is 17.7. The van der Waals surface area contributed by atoms with Gasteiger partial charge < -0.3 is 24.8 Å². The van der Waals surface area contributed by atoms with Gasteiger partial charge in [0.05, 0.1) is 26.4 Å². The van der Waals surface area contributed by atoms with Gasteiger partial charge in [0.1, 0.15) is 17.1 Å². The van der Waals surface area contributed by atoms with Gasteiger partial charge in [0, 0.05) is 0 Å². The fraction of sp³-hybridized carbons (Fsp3) is 0.333. The van der Waals surface area contributed by atoms with Crippen molar-refractivity contribution < 1.29 is 33.4 Å². The second kappa shape index (κ2) is 9.27. The van der Waals surface area contributed by atoms with Crippen molar-refractivity contribution in [2.24, 2.45) is 0 Å². The number of esters is 1. The molecule has 170 valence electrons. The molecule has 32 heavy (non-hydrogen) atoms. The fourth-order valence-corrected chi connectivity index (χ4v) is 4.06. The first kappa shape index (κ1) is 23.1. The number of ether oxygens (including phenoxy) is 3. The maximum atomic E-state index is 13.1. The van der Waals surface area contributed by atoms with Crippen molar-refractivity contribution >= 4 is 40.2 Å². The van der Waals surface area contributed by atoms with Gasteiger partial charge in [0.25, 0.3) is 5.91 Å². The van der Waals surface area contributed by atoms with Gasteiger partial charge in [-0.1, -0.05) is 6.07 Å². The lowest BCUT2D eigenvalue weighted by molar-refractivity contribution is -0.133. The third-order valence-corrected chi connectivity index (χ3v) is 5.78. The number of anilines is 1. The molecule has 0 aliphatic carbocycles. The number of rotatable bonds is 8. The summed E-state index contributed by atoms with van der Waals surface area (Å²) in [6.07, 6.45) is 0. The van der Waals surface area contributed by atoms with Crippen LogP contribution in [0, 0.1) is 0 Å². The molecule has 1 aliphatic rings. The molecule has 2 aromatic rings. The van der Waals surface area contributed by atoms with Crippen LogP contribution in [0.25, 0.3) is 0 Å². The van der Waals surface area contributed by atoms with Crippen molar-refractivity contribution in [1.29, 1.82) is 0 Å². The van der Waals surface area contributed by atoms with Crippen molar-refractivity contribution in [3.8, 4) is 11.5 Å². The monoisotopic (exact) mass is 461 g/mol. The number of amides is 4. The highest BCUT2D eigenvalue weighted by atomic mass is 32.1. The van der Waals surface area contributed by atoms with E-state index in [0.717, 1.165) is 16.2 Å². The Kier molecular flexibility index (Phi) is 6.68. The first-order valence-corrected chi connectivity index (χ1v) is 10.5. The summed E-state index contributed by atoms with van der Waals surface area (Å²) >= 11 is 1.13. The molecule has 2 heterocycles. The van der Waals surface area contributed by atoms with E-state index in [1.54, 1.807) is 37.4 Å². The minimum atomic E-state index is -1.39. The zero-order valence-electron chi connectivity index (χ0n) is 18.0. The summed E-state index contributed by atoms with van der Waals surface area (Å²) < 4.78 is 15.4. The number of nitrogens with one attached hydrogen (secondary N) is 2. The van der Waals surface area contributed by atoms with Crippen molar-refractivity contribution in [3.05, 3.63) is 40.8 Å². The van der Waals surface area contributed by atoms with E-state index in [-0.39, 0.29) is 17.2 Å². The molecule has 11 heteroatoms. The minimum absolute atomic E-state index is 0.194. The molecule has 1 aromatic carbocycles. The van der Waals surface area contributed by atoms with Crippen LogP contribution in [0.15, 0.2) is 29.6 Å². The Morgan fingerprint density at radius 1 is 1.16 bits per heavy atom. The summed E-state index contributed by atoms with van der Waals surface area (Å²) in [6, 6.07) is 5.68. The third-order valence-electron chi connectivity index (χ3n) is 4.95. The van der Waals surface area contributed by atoms with Crippen LogP contribution in [0.3, 0.4) is 0 Å². The number of hydrogen-bond donors (Lipinski definition) is 2. The lowest BCUT2D eigenvalue weighted by Gasteiger charge is -2.23. The summed E-state index contributed by atoms with van der Waals surface area (Å²) in [5.41, 5.74) is -0.715. The molecule has 0 bridgehead atoms. The second-order valence-corrected chi connectivity index (χ2v) is 7.86. The van der Waals surface area contributed by atoms with Gasteiger partial charge in [0.15, 0.2) is 11.5 Å². The lowest BCUT2D eigenvalue weighted by atomic mass is 9.91. The Hall–Kier alpha value is -3.60. The Balaban J connectivity index is 1.76. The zero-order valence-corrected chi connectivity index (χ0v) is 18.8. The number of nitrogens with zero attached hydrogens (tertiary/aromatic N) is 1. The van der Waals surface area contributed by atoms with Crippen molar-refractivity contribution in [1.82, 2.24) is 10.2 Å². The molecular weight excluding hydrogens is 438 g/mol. The number of methoxy groups -OCH3 is 2. The standard InChI is InChI=1S/C21H23N3O7S/c1-5-31-18(26)13-8-9-32-17(13)22-16(25)11-24-19(27)21(2,23-20(24)28)12-6-7-14(29-3)15(10-12)30-4/h6-10H,5,11H2,1-4H3,(H,22,25)(H,23,28). The molecule has 1 atom stereocenters. The summed E-state index contributed by atoms with van der Waals surface area (Å²) in [5.74, 6) is -0.922. The van der Waals surface area contributed by atoms with E-state index < -0.39 is 35.9 Å². The zero-order chi connectivity index (χ0) is 23.5. The maximum Gasteiger partial charge on any atom is 0.341 e. The average Bonchev–Trinajstić information content (AvgIpc) is 3.32. The quantitative estimate of drug-likeness (QED) is 0.457. The summed E-state index contributed by atoms with van der Waals surface area (Å²) in [5, 5.41) is 7.11. The summed E-state index contributed by atoms with van der Waals surface area (Å²) in [7, 11) is 2.95. The van der Waals surface area contributed by atoms with E-state index in [1.807, 2.05) is 0 Å². The van der Waals surface area contributed by atoms with Crippen molar-refractivity contribution in [2.75, 3.05) is 32.7 Å². The number of hydrogen-bond acceptors (Lipinski definition) is 8. The molecule has 1 aliphatic heterocycles. The highest BCUT2D eigenvalue weighted by molar-refractivity contribution is 7.14. The van der Waals surface area contributed by atoms with E-state index in [1.165, 1.54) is 20.3 Å². The summed E-state index contributed by atoms with van der Waals surface area (Å²) in [4.78, 5) is 51.0. The molecular formula is C21H23N3O7S. The van der Waals surface area contributed by atoms with Gasteiger partial charge >= 0.3 is 12.0 Å². The predicted molar refractivity (Wildman–Crippen MR) is 116 cm³/mol. The average molecular weight is 461 g/mol. The molecule has 3 rings (SSSR count). The van der Waals surface area contributed by atoms with Crippen LogP contribution >= 0.6 is 11.3 Å². The summed E-state index contributed by atoms with van der Waals surface area (Å²) in [6.45, 7) is 2.90. The van der Waals surface area contributed by atoms with Crippen LogP contribution in [0.1, 0.15) is 29.8 Å². The van der Waals surface area contributed by atoms with E-state index in [4.69, 9.17) is 14.2 Å². The van der Waals surface area contributed by atoms with Crippen LogP contribution < -0.4 is 20.1 Å². The third kappa shape index (κ3) is 4.24. The molecule has 1 fully saturated rings. The van der Waals surface area contributed by atoms with Gasteiger partial charge in [-0.15, -0.1) is 11.3 Å². The van der Waals surface area contributed by atoms with Crippen LogP contribution in [0.4, 0.5) is 9.80 Å². The SMILES string of the molecule is CCOC(=O)c1ccsc1NC(=O)CN1C(=O)NC(C)(c2ccc(OC)c(OC)c2)C1=O. The Morgan fingerprint density at radius 3 is 2.53 bits per heavy atom. The van der Waals surface area contributed by atoms with Gasteiger partial charge in [-0.25, -0.2) is 9.59 Å². The van der Waals surface area contributed by atoms with Crippen LogP contribution in [-0.2, 0) is 19.9 Å². The van der Waals surface area contributed by atoms with E-state index in [2.05, 4.69) is 10.6 Å². The van der Waals surface area contributed by atoms with E-state index in [0.29, 0.717) is 17.1 Å². The van der Waals surface area contributed by atoms with Crippen LogP contribution in [0.2, 0.25) is 0 Å². The Morgan fingerprint density at radius 2 is 1.88 bits per heavy atom. The number of imide groups is 1. The molecule has 2 N–H and O–H groups in total. The van der Waals surface area contributed by atoms with Crippen molar-refractivity contribution in [3.63, 3.8) is 0 Å². The molecule has 1 unspecified atom stereocenters. The first-order valence-electron chi connectivity index (χ1n) is 9.66. The van der Waals surface area contributed by atoms with Gasteiger partial charge in [-0.2, -0.15) is 0 Å². The molecule has 0 radical (unpaired) electrons. The molecule has 1 saturated heterocycles. The highest BCUT2D eigenvalue weighted by Gasteiger charge is 2.49.